The molecule has 2 rings (SSSR count). The van der Waals surface area contributed by atoms with E-state index in [1.54, 1.807) is 0 Å². The topological polar surface area (TPSA) is 84.9 Å². The van der Waals surface area contributed by atoms with Crippen LogP contribution in [-0.4, -0.2) is 55.0 Å². The van der Waals surface area contributed by atoms with Gasteiger partial charge in [0.2, 0.25) is 5.91 Å². The first-order valence-electron chi connectivity index (χ1n) is 13.9. The van der Waals surface area contributed by atoms with Gasteiger partial charge in [-0.05, 0) is 24.0 Å². The van der Waals surface area contributed by atoms with Gasteiger partial charge in [-0.25, -0.2) is 0 Å². The van der Waals surface area contributed by atoms with Crippen LogP contribution in [-0.2, 0) is 19.1 Å². The van der Waals surface area contributed by atoms with Gasteiger partial charge in [0.05, 0.1) is 13.0 Å². The van der Waals surface area contributed by atoms with Crippen molar-refractivity contribution in [3.8, 4) is 5.75 Å². The van der Waals surface area contributed by atoms with E-state index in [-0.39, 0.29) is 30.8 Å². The van der Waals surface area contributed by atoms with Gasteiger partial charge in [0.1, 0.15) is 11.8 Å². The Bertz CT molecular complexity index is 811. The van der Waals surface area contributed by atoms with Crippen molar-refractivity contribution in [3.63, 3.8) is 0 Å². The molecule has 1 heterocycles. The first-order valence-corrected chi connectivity index (χ1v) is 13.9. The van der Waals surface area contributed by atoms with Crippen LogP contribution in [0, 0.1) is 0 Å². The number of amides is 2. The number of piperazine rings is 1. The highest BCUT2D eigenvalue weighted by Crippen LogP contribution is 2.26. The quantitative estimate of drug-likeness (QED) is 0.229. The second-order valence-corrected chi connectivity index (χ2v) is 9.98. The standard InChI is InChI=1S/C29H46N2O5/c1-4-5-6-7-8-9-10-11-12-15-20-35-28(33)21-25-29(34)30-18-19-31(25)27(32)22-36-26-17-14-13-16-24(26)23(2)3/h13-14,16-17,23,25H,4-12,15,18-22H2,1-3H3,(H,30,34). The number of nitrogens with one attached hydrogen (secondary N) is 1. The van der Waals surface area contributed by atoms with Crippen LogP contribution in [0.15, 0.2) is 24.3 Å². The number of benzene rings is 1. The Morgan fingerprint density at radius 3 is 2.31 bits per heavy atom. The van der Waals surface area contributed by atoms with E-state index in [1.165, 1.54) is 49.8 Å². The van der Waals surface area contributed by atoms with E-state index in [4.69, 9.17) is 9.47 Å². The summed E-state index contributed by atoms with van der Waals surface area (Å²) in [5.41, 5.74) is 1.02. The molecule has 202 valence electrons. The van der Waals surface area contributed by atoms with Gasteiger partial charge in [0.25, 0.3) is 5.91 Å². The Hall–Kier alpha value is -2.57. The third kappa shape index (κ3) is 10.6. The van der Waals surface area contributed by atoms with Crippen LogP contribution in [0.5, 0.6) is 5.75 Å². The van der Waals surface area contributed by atoms with Gasteiger partial charge >= 0.3 is 5.97 Å². The lowest BCUT2D eigenvalue weighted by atomic mass is 10.0. The molecule has 1 saturated heterocycles. The molecular weight excluding hydrogens is 456 g/mol. The van der Waals surface area contributed by atoms with Crippen molar-refractivity contribution in [3.05, 3.63) is 29.8 Å². The van der Waals surface area contributed by atoms with Crippen LogP contribution >= 0.6 is 0 Å². The van der Waals surface area contributed by atoms with Crippen molar-refractivity contribution in [1.29, 1.82) is 0 Å². The van der Waals surface area contributed by atoms with Gasteiger partial charge in [-0.3, -0.25) is 14.4 Å². The van der Waals surface area contributed by atoms with E-state index in [2.05, 4.69) is 26.1 Å². The predicted octanol–water partition coefficient (Wildman–Crippen LogP) is 5.37. The second-order valence-electron chi connectivity index (χ2n) is 9.98. The highest BCUT2D eigenvalue weighted by atomic mass is 16.5. The molecule has 36 heavy (non-hydrogen) atoms. The maximum Gasteiger partial charge on any atom is 0.308 e. The van der Waals surface area contributed by atoms with Crippen LogP contribution in [0.3, 0.4) is 0 Å². The Kier molecular flexibility index (Phi) is 14.0. The number of ether oxygens (including phenoxy) is 2. The molecule has 0 aliphatic carbocycles. The van der Waals surface area contributed by atoms with Crippen molar-refractivity contribution < 1.29 is 23.9 Å². The van der Waals surface area contributed by atoms with Crippen molar-refractivity contribution in [1.82, 2.24) is 10.2 Å². The smallest absolute Gasteiger partial charge is 0.308 e. The molecule has 1 aliphatic heterocycles. The summed E-state index contributed by atoms with van der Waals surface area (Å²) in [5, 5.41) is 2.75. The molecule has 1 aliphatic rings. The molecule has 1 unspecified atom stereocenters. The van der Waals surface area contributed by atoms with Gasteiger partial charge in [-0.2, -0.15) is 0 Å². The Labute approximate surface area is 217 Å². The zero-order valence-electron chi connectivity index (χ0n) is 22.6. The molecule has 0 aromatic heterocycles. The van der Waals surface area contributed by atoms with E-state index in [9.17, 15) is 14.4 Å². The fraction of sp³-hybridized carbons (Fsp3) is 0.690. The van der Waals surface area contributed by atoms with E-state index < -0.39 is 12.0 Å². The predicted molar refractivity (Wildman–Crippen MR) is 142 cm³/mol. The maximum atomic E-state index is 12.9. The van der Waals surface area contributed by atoms with Crippen LogP contribution < -0.4 is 10.1 Å². The number of nitrogens with zero attached hydrogens (tertiary/aromatic N) is 1. The maximum absolute atomic E-state index is 12.9. The van der Waals surface area contributed by atoms with Crippen LogP contribution in [0.2, 0.25) is 0 Å². The molecule has 1 N–H and O–H groups in total. The molecule has 0 saturated carbocycles. The molecule has 7 heteroatoms. The van der Waals surface area contributed by atoms with E-state index in [0.717, 1.165) is 24.8 Å². The van der Waals surface area contributed by atoms with E-state index >= 15 is 0 Å². The molecular formula is C29H46N2O5. The summed E-state index contributed by atoms with van der Waals surface area (Å²) in [6, 6.07) is 6.76. The average molecular weight is 503 g/mol. The molecule has 0 spiro atoms. The molecule has 1 atom stereocenters. The molecule has 7 nitrogen and oxygen atoms in total. The van der Waals surface area contributed by atoms with Crippen LogP contribution in [0.25, 0.3) is 0 Å². The monoisotopic (exact) mass is 502 g/mol. The van der Waals surface area contributed by atoms with Gasteiger partial charge in [0, 0.05) is 13.1 Å². The summed E-state index contributed by atoms with van der Waals surface area (Å²) in [6.45, 7) is 7.24. The van der Waals surface area contributed by atoms with Gasteiger partial charge in [0.15, 0.2) is 6.61 Å². The summed E-state index contributed by atoms with van der Waals surface area (Å²) in [6.07, 6.45) is 12.0. The van der Waals surface area contributed by atoms with Crippen LogP contribution in [0.1, 0.15) is 103 Å². The van der Waals surface area contributed by atoms with Gasteiger partial charge in [-0.15, -0.1) is 0 Å². The second kappa shape index (κ2) is 17.0. The SMILES string of the molecule is CCCCCCCCCCCCOC(=O)CC1C(=O)NCCN1C(=O)COc1ccccc1C(C)C. The summed E-state index contributed by atoms with van der Waals surface area (Å²) in [7, 11) is 0. The number of esters is 1. The summed E-state index contributed by atoms with van der Waals surface area (Å²) in [5.74, 6) is -0.161. The largest absolute Gasteiger partial charge is 0.483 e. The zero-order chi connectivity index (χ0) is 26.2. The number of hydrogen-bond donors (Lipinski definition) is 1. The normalized spacial score (nSPS) is 15.6. The molecule has 1 fully saturated rings. The van der Waals surface area contributed by atoms with E-state index in [1.807, 2.05) is 24.3 Å². The lowest BCUT2D eigenvalue weighted by Gasteiger charge is -2.34. The lowest BCUT2D eigenvalue weighted by molar-refractivity contribution is -0.152. The molecule has 1 aromatic rings. The summed E-state index contributed by atoms with van der Waals surface area (Å²) >= 11 is 0. The molecule has 1 aromatic carbocycles. The number of para-hydroxylation sites is 1. The highest BCUT2D eigenvalue weighted by Gasteiger charge is 2.35. The fourth-order valence-corrected chi connectivity index (χ4v) is 4.52. The van der Waals surface area contributed by atoms with E-state index in [0.29, 0.717) is 25.4 Å². The molecule has 0 bridgehead atoms. The third-order valence-electron chi connectivity index (χ3n) is 6.66. The fourth-order valence-electron chi connectivity index (χ4n) is 4.52. The minimum absolute atomic E-state index is 0.141. The average Bonchev–Trinajstić information content (AvgIpc) is 2.87. The first kappa shape index (κ1) is 29.7. The van der Waals surface area contributed by atoms with Gasteiger partial charge in [-0.1, -0.05) is 96.8 Å². The number of carbonyl (C=O) groups excluding carboxylic acids is 3. The first-order chi connectivity index (χ1) is 17.4. The lowest BCUT2D eigenvalue weighted by Crippen LogP contribution is -2.58. The minimum atomic E-state index is -0.865. The van der Waals surface area contributed by atoms with Crippen LogP contribution in [0.4, 0.5) is 0 Å². The highest BCUT2D eigenvalue weighted by molar-refractivity contribution is 5.92. The van der Waals surface area contributed by atoms with Crippen molar-refractivity contribution >= 4 is 17.8 Å². The molecule has 0 radical (unpaired) electrons. The van der Waals surface area contributed by atoms with Crippen molar-refractivity contribution in [2.45, 2.75) is 103 Å². The number of carbonyl (C=O) groups is 3. The van der Waals surface area contributed by atoms with Crippen molar-refractivity contribution in [2.75, 3.05) is 26.3 Å². The van der Waals surface area contributed by atoms with Gasteiger partial charge < -0.3 is 19.7 Å². The number of hydrogen-bond acceptors (Lipinski definition) is 5. The number of rotatable bonds is 17. The zero-order valence-corrected chi connectivity index (χ0v) is 22.6. The Morgan fingerprint density at radius 1 is 1.00 bits per heavy atom. The Balaban J connectivity index is 1.71. The number of unbranched alkanes of at least 4 members (excludes halogenated alkanes) is 9. The third-order valence-corrected chi connectivity index (χ3v) is 6.66. The summed E-state index contributed by atoms with van der Waals surface area (Å²) < 4.78 is 11.2. The minimum Gasteiger partial charge on any atom is -0.483 e. The van der Waals surface area contributed by atoms with Crippen molar-refractivity contribution in [2.24, 2.45) is 0 Å². The summed E-state index contributed by atoms with van der Waals surface area (Å²) in [4.78, 5) is 39.2. The molecule has 2 amide bonds. The Morgan fingerprint density at radius 2 is 1.64 bits per heavy atom.